The summed E-state index contributed by atoms with van der Waals surface area (Å²) in [5.41, 5.74) is -1.18. The van der Waals surface area contributed by atoms with Crippen LogP contribution in [-0.4, -0.2) is 36.9 Å². The molecule has 1 aliphatic heterocycles. The molecule has 3 rings (SSSR count). The molecule has 0 amide bonds. The average Bonchev–Trinajstić information content (AvgIpc) is 3.18. The number of hydrogen-bond acceptors (Lipinski definition) is 5. The molecule has 0 radical (unpaired) electrons. The summed E-state index contributed by atoms with van der Waals surface area (Å²) in [5, 5.41) is 1.61. The quantitative estimate of drug-likeness (QED) is 0.769. The molecule has 11 heteroatoms. The largest absolute Gasteiger partial charge is 0.465 e. The molecular formula is C14H12ClF3N2O3S2. The van der Waals surface area contributed by atoms with Crippen molar-refractivity contribution < 1.29 is 26.3 Å². The molecule has 1 atom stereocenters. The number of benzene rings is 1. The van der Waals surface area contributed by atoms with Gasteiger partial charge in [0.1, 0.15) is 6.10 Å². The van der Waals surface area contributed by atoms with Gasteiger partial charge in [-0.05, 0) is 24.6 Å². The number of nitrogens with zero attached hydrogens (tertiary/aromatic N) is 2. The molecule has 0 saturated carbocycles. The van der Waals surface area contributed by atoms with Crippen LogP contribution >= 0.6 is 22.9 Å². The second-order valence-electron chi connectivity index (χ2n) is 5.33. The summed E-state index contributed by atoms with van der Waals surface area (Å²) in [7, 11) is -4.07. The first-order valence-corrected chi connectivity index (χ1v) is 9.81. The molecule has 0 aliphatic carbocycles. The van der Waals surface area contributed by atoms with E-state index in [1.165, 1.54) is 11.3 Å². The van der Waals surface area contributed by atoms with Crippen molar-refractivity contribution in [3.05, 3.63) is 40.4 Å². The number of aromatic nitrogens is 1. The summed E-state index contributed by atoms with van der Waals surface area (Å²) in [6, 6.07) is 2.57. The minimum Gasteiger partial charge on any atom is -0.465 e. The Morgan fingerprint density at radius 3 is 2.76 bits per heavy atom. The summed E-state index contributed by atoms with van der Waals surface area (Å²) >= 11 is 6.82. The highest BCUT2D eigenvalue weighted by atomic mass is 35.5. The molecule has 1 aromatic carbocycles. The van der Waals surface area contributed by atoms with Crippen LogP contribution in [0.1, 0.15) is 12.0 Å². The lowest BCUT2D eigenvalue weighted by Gasteiger charge is -2.18. The molecule has 2 aromatic rings. The third-order valence-corrected chi connectivity index (χ3v) is 6.52. The number of hydrogen-bond donors (Lipinski definition) is 0. The molecule has 25 heavy (non-hydrogen) atoms. The van der Waals surface area contributed by atoms with Crippen molar-refractivity contribution in [2.24, 2.45) is 0 Å². The zero-order chi connectivity index (χ0) is 18.2. The summed E-state index contributed by atoms with van der Waals surface area (Å²) in [5.74, 6) is 0. The SMILES string of the molecule is O=S(=O)(c1ccc(Cl)c(C(F)(F)F)c1)N1CCC(Oc2nccs2)C1. The minimum atomic E-state index is -4.73. The molecule has 0 spiro atoms. The normalized spacial score (nSPS) is 19.3. The third-order valence-electron chi connectivity index (χ3n) is 3.67. The summed E-state index contributed by atoms with van der Waals surface area (Å²) in [4.78, 5) is 3.52. The lowest BCUT2D eigenvalue weighted by molar-refractivity contribution is -0.137. The minimum absolute atomic E-state index is 0.0475. The molecule has 1 fully saturated rings. The van der Waals surface area contributed by atoms with Crippen molar-refractivity contribution in [2.45, 2.75) is 23.6 Å². The van der Waals surface area contributed by atoms with Crippen LogP contribution in [0.4, 0.5) is 13.2 Å². The Bertz CT molecular complexity index is 857. The van der Waals surface area contributed by atoms with E-state index in [-0.39, 0.29) is 13.1 Å². The fourth-order valence-corrected chi connectivity index (χ4v) is 4.74. The Kier molecular flexibility index (Phi) is 4.97. The van der Waals surface area contributed by atoms with Crippen molar-refractivity contribution >= 4 is 33.0 Å². The topological polar surface area (TPSA) is 59.5 Å². The van der Waals surface area contributed by atoms with Crippen LogP contribution < -0.4 is 4.74 Å². The van der Waals surface area contributed by atoms with E-state index < -0.39 is 37.8 Å². The van der Waals surface area contributed by atoms with Gasteiger partial charge in [0, 0.05) is 18.1 Å². The molecular weight excluding hydrogens is 401 g/mol. The Morgan fingerprint density at radius 1 is 1.36 bits per heavy atom. The second-order valence-corrected chi connectivity index (χ2v) is 8.53. The van der Waals surface area contributed by atoms with E-state index in [9.17, 15) is 21.6 Å². The van der Waals surface area contributed by atoms with Gasteiger partial charge < -0.3 is 4.74 Å². The Hall–Kier alpha value is -1.36. The summed E-state index contributed by atoms with van der Waals surface area (Å²) in [6.07, 6.45) is -3.13. The van der Waals surface area contributed by atoms with Gasteiger partial charge in [0.2, 0.25) is 10.0 Å². The van der Waals surface area contributed by atoms with E-state index >= 15 is 0 Å². The van der Waals surface area contributed by atoms with E-state index in [4.69, 9.17) is 16.3 Å². The maximum Gasteiger partial charge on any atom is 0.417 e. The van der Waals surface area contributed by atoms with Crippen LogP contribution in [0.2, 0.25) is 5.02 Å². The zero-order valence-electron chi connectivity index (χ0n) is 12.5. The van der Waals surface area contributed by atoms with Gasteiger partial charge in [-0.2, -0.15) is 17.5 Å². The first-order chi connectivity index (χ1) is 11.7. The number of rotatable bonds is 4. The number of sulfonamides is 1. The van der Waals surface area contributed by atoms with Crippen LogP contribution in [0.15, 0.2) is 34.7 Å². The third kappa shape index (κ3) is 3.91. The van der Waals surface area contributed by atoms with E-state index in [1.54, 1.807) is 11.6 Å². The van der Waals surface area contributed by atoms with Crippen molar-refractivity contribution in [1.29, 1.82) is 0 Å². The van der Waals surface area contributed by atoms with Crippen LogP contribution in [-0.2, 0) is 16.2 Å². The summed E-state index contributed by atoms with van der Waals surface area (Å²) < 4.78 is 70.8. The van der Waals surface area contributed by atoms with Gasteiger partial charge in [-0.15, -0.1) is 0 Å². The summed E-state index contributed by atoms with van der Waals surface area (Å²) in [6.45, 7) is 0.203. The number of alkyl halides is 3. The van der Waals surface area contributed by atoms with Gasteiger partial charge in [0.15, 0.2) is 0 Å². The van der Waals surface area contributed by atoms with Crippen LogP contribution in [0.25, 0.3) is 0 Å². The molecule has 1 aliphatic rings. The zero-order valence-corrected chi connectivity index (χ0v) is 14.9. The van der Waals surface area contributed by atoms with Crippen molar-refractivity contribution in [1.82, 2.24) is 9.29 Å². The van der Waals surface area contributed by atoms with Gasteiger partial charge in [-0.1, -0.05) is 22.9 Å². The van der Waals surface area contributed by atoms with E-state index in [0.29, 0.717) is 17.7 Å². The lowest BCUT2D eigenvalue weighted by Crippen LogP contribution is -2.31. The second kappa shape index (κ2) is 6.75. The molecule has 0 N–H and O–H groups in total. The number of ether oxygens (including phenoxy) is 1. The van der Waals surface area contributed by atoms with E-state index in [2.05, 4.69) is 4.98 Å². The van der Waals surface area contributed by atoms with Gasteiger partial charge in [-0.3, -0.25) is 0 Å². The van der Waals surface area contributed by atoms with Gasteiger partial charge in [-0.25, -0.2) is 13.4 Å². The van der Waals surface area contributed by atoms with Crippen LogP contribution in [0.3, 0.4) is 0 Å². The predicted molar refractivity (Wildman–Crippen MR) is 86.4 cm³/mol. The fraction of sp³-hybridized carbons (Fsp3) is 0.357. The molecule has 1 unspecified atom stereocenters. The maximum atomic E-state index is 12.9. The highest BCUT2D eigenvalue weighted by molar-refractivity contribution is 7.89. The van der Waals surface area contributed by atoms with E-state index in [0.717, 1.165) is 16.4 Å². The van der Waals surface area contributed by atoms with Gasteiger partial charge >= 0.3 is 6.18 Å². The number of thiazole rings is 1. The molecule has 5 nitrogen and oxygen atoms in total. The highest BCUT2D eigenvalue weighted by Crippen LogP contribution is 2.36. The first-order valence-electron chi connectivity index (χ1n) is 7.11. The van der Waals surface area contributed by atoms with Crippen LogP contribution in [0.5, 0.6) is 5.19 Å². The molecule has 0 bridgehead atoms. The molecule has 2 heterocycles. The monoisotopic (exact) mass is 412 g/mol. The lowest BCUT2D eigenvalue weighted by atomic mass is 10.2. The molecule has 136 valence electrons. The maximum absolute atomic E-state index is 12.9. The van der Waals surface area contributed by atoms with Crippen molar-refractivity contribution in [3.8, 4) is 5.19 Å². The Morgan fingerprint density at radius 2 is 2.12 bits per heavy atom. The highest BCUT2D eigenvalue weighted by Gasteiger charge is 2.37. The van der Waals surface area contributed by atoms with Gasteiger partial charge in [0.25, 0.3) is 5.19 Å². The molecule has 1 aromatic heterocycles. The molecule has 1 saturated heterocycles. The first kappa shape index (κ1) is 18.4. The number of halogens is 4. The average molecular weight is 413 g/mol. The van der Waals surface area contributed by atoms with Crippen LogP contribution in [0, 0.1) is 0 Å². The van der Waals surface area contributed by atoms with Crippen molar-refractivity contribution in [2.75, 3.05) is 13.1 Å². The predicted octanol–water partition coefficient (Wildman–Crippen LogP) is 3.66. The standard InChI is InChI=1S/C14H12ClF3N2O3S2/c15-12-2-1-10(7-11(12)14(16,17)18)25(21,22)20-5-3-9(8-20)23-13-19-4-6-24-13/h1-2,4,6-7,9H,3,5,8H2. The van der Waals surface area contributed by atoms with Crippen molar-refractivity contribution in [3.63, 3.8) is 0 Å². The Labute approximate surface area is 151 Å². The fourth-order valence-electron chi connectivity index (χ4n) is 2.45. The van der Waals surface area contributed by atoms with Gasteiger partial charge in [0.05, 0.1) is 22.0 Å². The Balaban J connectivity index is 1.80. The smallest absolute Gasteiger partial charge is 0.417 e. The van der Waals surface area contributed by atoms with E-state index in [1.807, 2.05) is 0 Å².